The van der Waals surface area contributed by atoms with Gasteiger partial charge in [0.15, 0.2) is 0 Å². The molecule has 0 saturated carbocycles. The van der Waals surface area contributed by atoms with Gasteiger partial charge in [0.25, 0.3) is 0 Å². The van der Waals surface area contributed by atoms with E-state index in [1.54, 1.807) is 0 Å². The zero-order chi connectivity index (χ0) is 4.50. The van der Waals surface area contributed by atoms with Gasteiger partial charge in [-0.2, -0.15) is 13.2 Å². The molecule has 0 aliphatic rings. The molecule has 0 rings (SSSR count). The topological polar surface area (TPSA) is 0 Å². The van der Waals surface area contributed by atoms with Crippen LogP contribution in [0.25, 0.3) is 0 Å². The zero-order valence-corrected chi connectivity index (χ0v) is 4.18. The van der Waals surface area contributed by atoms with Gasteiger partial charge in [-0.3, -0.25) is 9.41 Å². The van der Waals surface area contributed by atoms with E-state index in [0.29, 0.717) is 9.24 Å². The molecule has 6 heteroatoms. The zero-order valence-electron chi connectivity index (χ0n) is 3.03. The minimum absolute atomic E-state index is 0. The second-order valence-corrected chi connectivity index (χ2v) is 1.20. The third kappa shape index (κ3) is 15800. The highest BCUT2D eigenvalue weighted by Crippen LogP contribution is 2.21. The van der Waals surface area contributed by atoms with Gasteiger partial charge in [0.05, 0.1) is 0 Å². The summed E-state index contributed by atoms with van der Waals surface area (Å²) in [5, 5.41) is 0. The Kier molecular flexibility index (Phi) is 9.53. The molecule has 0 aromatic rings. The smallest absolute Gasteiger partial charge is 0.269 e. The van der Waals surface area contributed by atoms with Crippen LogP contribution in [0.15, 0.2) is 0 Å². The summed E-state index contributed by atoms with van der Waals surface area (Å²) in [4.78, 5) is 0. The lowest BCUT2D eigenvalue weighted by molar-refractivity contribution is -0.0341. The summed E-state index contributed by atoms with van der Waals surface area (Å²) in [5.41, 5.74) is 0. The van der Waals surface area contributed by atoms with Crippen LogP contribution in [0, 0.1) is 0 Å². The summed E-state index contributed by atoms with van der Waals surface area (Å²) >= 11 is 0. The van der Waals surface area contributed by atoms with Crippen molar-refractivity contribution in [2.24, 2.45) is 0 Å². The lowest BCUT2D eigenvalue weighted by atomic mass is 11.6. The first-order chi connectivity index (χ1) is 2.00. The number of halogens is 5. The highest BCUT2D eigenvalue weighted by atomic mass is 31.0. The Labute approximate surface area is 39.0 Å². The molecule has 0 amide bonds. The van der Waals surface area contributed by atoms with Crippen molar-refractivity contribution >= 4 is 9.24 Å². The Balaban J connectivity index is -0.0000000800. The van der Waals surface area contributed by atoms with E-state index in [2.05, 4.69) is 0 Å². The Bertz CT molecular complexity index is 23.6. The van der Waals surface area contributed by atoms with E-state index in [0.717, 1.165) is 0 Å². The molecule has 7 heavy (non-hydrogen) atoms. The molecule has 0 nitrogen and oxygen atoms in total. The van der Waals surface area contributed by atoms with Crippen LogP contribution < -0.4 is 0 Å². The molecular weight excluding hydrogens is 138 g/mol. The third-order valence-corrected chi connectivity index (χ3v) is 0. The van der Waals surface area contributed by atoms with Crippen LogP contribution in [0.4, 0.5) is 22.6 Å². The van der Waals surface area contributed by atoms with Crippen molar-refractivity contribution in [3.63, 3.8) is 0 Å². The van der Waals surface area contributed by atoms with Crippen LogP contribution in [0.1, 0.15) is 0 Å². The van der Waals surface area contributed by atoms with Gasteiger partial charge >= 0.3 is 5.92 Å². The van der Waals surface area contributed by atoms with Gasteiger partial charge in [-0.05, 0) is 9.24 Å². The van der Waals surface area contributed by atoms with Crippen molar-refractivity contribution in [2.75, 3.05) is 0 Å². The van der Waals surface area contributed by atoms with Gasteiger partial charge in [-0.1, -0.05) is 0 Å². The quantitative estimate of drug-likeness (QED) is 0.356. The van der Waals surface area contributed by atoms with E-state index in [9.17, 15) is 13.2 Å². The summed E-state index contributed by atoms with van der Waals surface area (Å²) in [5.74, 6) is -4.08. The van der Waals surface area contributed by atoms with Gasteiger partial charge in [0.1, 0.15) is 0 Å². The van der Waals surface area contributed by atoms with Crippen molar-refractivity contribution in [3.8, 4) is 0 Å². The summed E-state index contributed by atoms with van der Waals surface area (Å²) < 4.78 is 31.0. The first-order valence-corrected chi connectivity index (χ1v) is 1.43. The minimum atomic E-state index is -4.08. The highest BCUT2D eigenvalue weighted by Gasteiger charge is 2.15. The summed E-state index contributed by atoms with van der Waals surface area (Å²) in [7, 11) is 0.715. The van der Waals surface area contributed by atoms with E-state index in [-0.39, 0.29) is 9.41 Å². The van der Waals surface area contributed by atoms with Crippen molar-refractivity contribution in [1.82, 2.24) is 0 Å². The molecule has 0 saturated heterocycles. The molecule has 0 aliphatic heterocycles. The summed E-state index contributed by atoms with van der Waals surface area (Å²) in [6, 6.07) is 0. The molecule has 1 atom stereocenters. The van der Waals surface area contributed by atoms with E-state index < -0.39 is 5.92 Å². The minimum Gasteiger partial charge on any atom is -0.269 e. The van der Waals surface area contributed by atoms with E-state index in [4.69, 9.17) is 0 Å². The van der Waals surface area contributed by atoms with Gasteiger partial charge < -0.3 is 0 Å². The van der Waals surface area contributed by atoms with Gasteiger partial charge in [0.2, 0.25) is 0 Å². The van der Waals surface area contributed by atoms with E-state index >= 15 is 0 Å². The number of hydrogen-bond acceptors (Lipinski definition) is 0. The molecule has 0 aromatic heterocycles. The van der Waals surface area contributed by atoms with Crippen LogP contribution in [0.2, 0.25) is 0 Å². The van der Waals surface area contributed by atoms with E-state index in [1.165, 1.54) is 0 Å². The average Bonchev–Trinajstić information content (AvgIpc) is 0.722. The fourth-order valence-corrected chi connectivity index (χ4v) is 0. The molecule has 0 bridgehead atoms. The first kappa shape index (κ1) is 15.7. The highest BCUT2D eigenvalue weighted by molar-refractivity contribution is 7.17. The molecule has 0 aromatic carbocycles. The lowest BCUT2D eigenvalue weighted by Crippen LogP contribution is -1.88. The first-order valence-electron chi connectivity index (χ1n) is 0.856. The Morgan fingerprint density at radius 3 is 1.00 bits per heavy atom. The molecule has 0 heterocycles. The predicted molar refractivity (Wildman–Crippen MR) is 20.8 cm³/mol. The SMILES string of the molecule is F.F.FC(F)(F)P. The second kappa shape index (κ2) is 4.24. The lowest BCUT2D eigenvalue weighted by Gasteiger charge is -1.88. The maximum Gasteiger partial charge on any atom is 0.399 e. The summed E-state index contributed by atoms with van der Waals surface area (Å²) in [6.45, 7) is 0. The largest absolute Gasteiger partial charge is 0.399 e. The standard InChI is InChI=1S/CH2F3P.2FH/c2-1(3,4)5;;/h5H2;2*1H. The monoisotopic (exact) mass is 142 g/mol. The van der Waals surface area contributed by atoms with Gasteiger partial charge in [-0.15, -0.1) is 0 Å². The van der Waals surface area contributed by atoms with Crippen molar-refractivity contribution in [3.05, 3.63) is 0 Å². The molecular formula is CH4F5P. The Hall–Kier alpha value is 0.0800. The van der Waals surface area contributed by atoms with Crippen LogP contribution in [-0.2, 0) is 0 Å². The van der Waals surface area contributed by atoms with Crippen molar-refractivity contribution in [2.45, 2.75) is 5.92 Å². The molecule has 0 N–H and O–H groups in total. The van der Waals surface area contributed by atoms with Gasteiger partial charge in [0, 0.05) is 0 Å². The fraction of sp³-hybridized carbons (Fsp3) is 1.00. The normalized spacial score (nSPS) is 8.57. The van der Waals surface area contributed by atoms with Crippen LogP contribution >= 0.6 is 9.24 Å². The Morgan fingerprint density at radius 2 is 1.00 bits per heavy atom. The maximum atomic E-state index is 10.3. The molecule has 0 spiro atoms. The van der Waals surface area contributed by atoms with Crippen LogP contribution in [-0.4, -0.2) is 5.92 Å². The fourth-order valence-electron chi connectivity index (χ4n) is 0. The molecule has 0 fully saturated rings. The molecule has 1 unspecified atom stereocenters. The predicted octanol–water partition coefficient (Wildman–Crippen LogP) is 1.69. The van der Waals surface area contributed by atoms with Gasteiger partial charge in [-0.25, -0.2) is 0 Å². The van der Waals surface area contributed by atoms with Crippen LogP contribution in [0.3, 0.4) is 0 Å². The number of alkyl halides is 3. The van der Waals surface area contributed by atoms with Crippen LogP contribution in [0.5, 0.6) is 0 Å². The second-order valence-electron chi connectivity index (χ2n) is 0.542. The van der Waals surface area contributed by atoms with Crippen molar-refractivity contribution in [1.29, 1.82) is 0 Å². The molecule has 0 aliphatic carbocycles. The van der Waals surface area contributed by atoms with Crippen molar-refractivity contribution < 1.29 is 22.6 Å². The third-order valence-electron chi connectivity index (χ3n) is 0. The number of hydrogen-bond donors (Lipinski definition) is 0. The Morgan fingerprint density at radius 1 is 1.00 bits per heavy atom. The summed E-state index contributed by atoms with van der Waals surface area (Å²) in [6.07, 6.45) is 0. The number of rotatable bonds is 0. The average molecular weight is 142 g/mol. The molecule has 0 radical (unpaired) electrons. The van der Waals surface area contributed by atoms with E-state index in [1.807, 2.05) is 0 Å². The molecule has 48 valence electrons. The maximum absolute atomic E-state index is 10.3.